The van der Waals surface area contributed by atoms with E-state index < -0.39 is 24.1 Å². The van der Waals surface area contributed by atoms with Crippen LogP contribution < -0.4 is 0 Å². The molecular formula is C30H44O6. The molecule has 0 amide bonds. The van der Waals surface area contributed by atoms with Crippen molar-refractivity contribution in [2.75, 3.05) is 0 Å². The fourth-order valence-electron chi connectivity index (χ4n) is 9.06. The first-order chi connectivity index (χ1) is 16.8. The van der Waals surface area contributed by atoms with Crippen molar-refractivity contribution in [3.05, 3.63) is 22.8 Å². The molecule has 3 unspecified atom stereocenters. The van der Waals surface area contributed by atoms with Crippen LogP contribution in [-0.2, 0) is 19.1 Å². The lowest BCUT2D eigenvalue weighted by Crippen LogP contribution is -2.60. The maximum atomic E-state index is 12.6. The fraction of sp³-hybridized carbons (Fsp3) is 0.767. The van der Waals surface area contributed by atoms with Gasteiger partial charge < -0.3 is 14.9 Å². The number of aliphatic hydroxyl groups excluding tert-OH is 1. The number of ketones is 1. The van der Waals surface area contributed by atoms with Gasteiger partial charge in [0, 0.05) is 24.8 Å². The molecule has 0 aliphatic heterocycles. The van der Waals surface area contributed by atoms with E-state index >= 15 is 0 Å². The Bertz CT molecular complexity index is 989. The van der Waals surface area contributed by atoms with Crippen molar-refractivity contribution >= 4 is 17.7 Å². The Kier molecular flexibility index (Phi) is 7.33. The van der Waals surface area contributed by atoms with Crippen LogP contribution in [0.1, 0.15) is 92.9 Å². The third kappa shape index (κ3) is 4.37. The van der Waals surface area contributed by atoms with Crippen LogP contribution in [0.2, 0.25) is 0 Å². The van der Waals surface area contributed by atoms with Crippen LogP contribution in [0.25, 0.3) is 0 Å². The summed E-state index contributed by atoms with van der Waals surface area (Å²) < 4.78 is 5.82. The third-order valence-corrected chi connectivity index (χ3v) is 10.6. The quantitative estimate of drug-likeness (QED) is 0.294. The van der Waals surface area contributed by atoms with Crippen LogP contribution in [0.4, 0.5) is 0 Å². The molecule has 0 aromatic rings. The Morgan fingerprint density at radius 3 is 2.39 bits per heavy atom. The molecule has 4 fully saturated rings. The summed E-state index contributed by atoms with van der Waals surface area (Å²) in [4.78, 5) is 37.2. The molecule has 2 N–H and O–H groups in total. The van der Waals surface area contributed by atoms with Crippen molar-refractivity contribution in [1.82, 2.24) is 0 Å². The molecule has 4 rings (SSSR count). The van der Waals surface area contributed by atoms with Gasteiger partial charge in [0.1, 0.15) is 11.9 Å². The number of hydrogen-bond donors (Lipinski definition) is 2. The Labute approximate surface area is 215 Å². The maximum Gasteiger partial charge on any atom is 0.331 e. The van der Waals surface area contributed by atoms with Crippen LogP contribution >= 0.6 is 0 Å². The van der Waals surface area contributed by atoms with Crippen molar-refractivity contribution in [3.8, 4) is 0 Å². The highest BCUT2D eigenvalue weighted by Crippen LogP contribution is 2.69. The van der Waals surface area contributed by atoms with Crippen LogP contribution in [0.15, 0.2) is 22.8 Å². The van der Waals surface area contributed by atoms with E-state index in [4.69, 9.17) is 4.74 Å². The standard InChI is InChI=1S/C30H44O6/c1-16(2)8-7-9-19(28(34)35)26-22-14-24(33)27-21(30(22,6)15-25(26)36-18(4)31)11-10-20-17(3)23(32)12-13-29(20,27)5/h8,17,20-22,24-25,27,33H,7,9-15H2,1-6H3,(H,34,35)/t17?,20?,21-,22?,24+,25-,27-,29-,30+/m0/s1. The van der Waals surface area contributed by atoms with E-state index in [-0.39, 0.29) is 40.4 Å². The summed E-state index contributed by atoms with van der Waals surface area (Å²) in [6.07, 6.45) is 6.20. The first-order valence-corrected chi connectivity index (χ1v) is 13.8. The summed E-state index contributed by atoms with van der Waals surface area (Å²) in [5.41, 5.74) is 1.81. The topological polar surface area (TPSA) is 101 Å². The summed E-state index contributed by atoms with van der Waals surface area (Å²) in [6.45, 7) is 12.0. The minimum absolute atomic E-state index is 0.0175. The highest BCUT2D eigenvalue weighted by atomic mass is 16.5. The van der Waals surface area contributed by atoms with Gasteiger partial charge in [-0.25, -0.2) is 4.79 Å². The molecule has 0 bridgehead atoms. The SMILES string of the molecule is CC(=O)O[C@H]1C[C@@]2(C)C(C[C@@H](O)[C@@H]3[C@@H]2CCC2C(C)C(=O)CC[C@@]23C)C1=C(CCC=C(C)C)C(=O)O. The zero-order valence-electron chi connectivity index (χ0n) is 22.8. The van der Waals surface area contributed by atoms with E-state index in [0.29, 0.717) is 43.5 Å². The van der Waals surface area contributed by atoms with E-state index in [1.807, 2.05) is 19.9 Å². The number of ether oxygens (including phenoxy) is 1. The Balaban J connectivity index is 1.77. The van der Waals surface area contributed by atoms with Crippen molar-refractivity contribution < 1.29 is 29.3 Å². The number of Topliss-reactive ketones (excluding diaryl/α,β-unsaturated/α-hetero) is 1. The minimum atomic E-state index is -0.958. The van der Waals surface area contributed by atoms with Gasteiger partial charge in [-0.15, -0.1) is 0 Å². The molecule has 9 atom stereocenters. The van der Waals surface area contributed by atoms with E-state index in [0.717, 1.165) is 30.4 Å². The van der Waals surface area contributed by atoms with E-state index in [1.54, 1.807) is 0 Å². The molecule has 200 valence electrons. The summed E-state index contributed by atoms with van der Waals surface area (Å²) >= 11 is 0. The molecule has 0 aromatic heterocycles. The molecule has 4 aliphatic carbocycles. The van der Waals surface area contributed by atoms with Crippen LogP contribution in [-0.4, -0.2) is 40.1 Å². The number of allylic oxidation sites excluding steroid dienone is 2. The normalized spacial score (nSPS) is 43.1. The number of hydrogen-bond acceptors (Lipinski definition) is 5. The van der Waals surface area contributed by atoms with Gasteiger partial charge in [0.2, 0.25) is 0 Å². The van der Waals surface area contributed by atoms with E-state index in [1.165, 1.54) is 6.92 Å². The second kappa shape index (κ2) is 9.74. The predicted octanol–water partition coefficient (Wildman–Crippen LogP) is 5.48. The summed E-state index contributed by atoms with van der Waals surface area (Å²) in [5.74, 6) is -0.618. The van der Waals surface area contributed by atoms with Crippen molar-refractivity contribution in [2.45, 2.75) is 105 Å². The lowest BCUT2D eigenvalue weighted by Gasteiger charge is -2.63. The smallest absolute Gasteiger partial charge is 0.331 e. The number of aliphatic carboxylic acids is 1. The molecule has 0 radical (unpaired) electrons. The lowest BCUT2D eigenvalue weighted by molar-refractivity contribution is -0.180. The number of carboxylic acids is 1. The second-order valence-corrected chi connectivity index (χ2v) is 12.8. The van der Waals surface area contributed by atoms with Gasteiger partial charge in [0.25, 0.3) is 0 Å². The van der Waals surface area contributed by atoms with Crippen molar-refractivity contribution in [2.24, 2.45) is 40.4 Å². The van der Waals surface area contributed by atoms with Gasteiger partial charge in [-0.2, -0.15) is 0 Å². The maximum absolute atomic E-state index is 12.6. The molecule has 0 spiro atoms. The van der Waals surface area contributed by atoms with Gasteiger partial charge >= 0.3 is 11.9 Å². The average Bonchev–Trinajstić information content (AvgIpc) is 3.04. The second-order valence-electron chi connectivity index (χ2n) is 12.8. The van der Waals surface area contributed by atoms with Crippen LogP contribution in [0.5, 0.6) is 0 Å². The highest BCUT2D eigenvalue weighted by molar-refractivity contribution is 5.88. The van der Waals surface area contributed by atoms with Crippen molar-refractivity contribution in [1.29, 1.82) is 0 Å². The molecule has 0 saturated heterocycles. The van der Waals surface area contributed by atoms with Crippen LogP contribution in [0, 0.1) is 40.4 Å². The average molecular weight is 501 g/mol. The minimum Gasteiger partial charge on any atom is -0.478 e. The molecule has 0 aromatic carbocycles. The molecule has 0 heterocycles. The van der Waals surface area contributed by atoms with E-state index in [2.05, 4.69) is 20.8 Å². The van der Waals surface area contributed by atoms with Crippen molar-refractivity contribution in [3.63, 3.8) is 0 Å². The first-order valence-electron chi connectivity index (χ1n) is 13.8. The molecule has 4 aliphatic rings. The monoisotopic (exact) mass is 500 g/mol. The Morgan fingerprint density at radius 2 is 1.78 bits per heavy atom. The number of carboxylic acid groups (broad SMARTS) is 1. The molecule has 6 heteroatoms. The molecular weight excluding hydrogens is 456 g/mol. The van der Waals surface area contributed by atoms with Crippen LogP contribution in [0.3, 0.4) is 0 Å². The lowest BCUT2D eigenvalue weighted by atomic mass is 9.42. The first kappa shape index (κ1) is 27.1. The number of rotatable bonds is 5. The molecule has 4 saturated carbocycles. The van der Waals surface area contributed by atoms with Gasteiger partial charge in [-0.3, -0.25) is 9.59 Å². The summed E-state index contributed by atoms with van der Waals surface area (Å²) in [5, 5.41) is 22.0. The number of carbonyl (C=O) groups is 3. The van der Waals surface area contributed by atoms with Gasteiger partial charge in [-0.05, 0) is 98.9 Å². The Morgan fingerprint density at radius 1 is 1.11 bits per heavy atom. The largest absolute Gasteiger partial charge is 0.478 e. The molecule has 6 nitrogen and oxygen atoms in total. The predicted molar refractivity (Wildman–Crippen MR) is 137 cm³/mol. The number of carbonyl (C=O) groups excluding carboxylic acids is 2. The molecule has 36 heavy (non-hydrogen) atoms. The zero-order chi connectivity index (χ0) is 26.6. The van der Waals surface area contributed by atoms with Gasteiger partial charge in [0.05, 0.1) is 6.10 Å². The zero-order valence-corrected chi connectivity index (χ0v) is 22.8. The van der Waals surface area contributed by atoms with Gasteiger partial charge in [-0.1, -0.05) is 32.4 Å². The highest BCUT2D eigenvalue weighted by Gasteiger charge is 2.66. The number of esters is 1. The van der Waals surface area contributed by atoms with E-state index in [9.17, 15) is 24.6 Å². The summed E-state index contributed by atoms with van der Waals surface area (Å²) in [7, 11) is 0. The fourth-order valence-corrected chi connectivity index (χ4v) is 9.06. The third-order valence-electron chi connectivity index (χ3n) is 10.6. The Hall–Kier alpha value is -1.95. The van der Waals surface area contributed by atoms with Gasteiger partial charge in [0.15, 0.2) is 0 Å². The number of fused-ring (bicyclic) bond motifs is 5. The summed E-state index contributed by atoms with van der Waals surface area (Å²) in [6, 6.07) is 0. The number of aliphatic hydroxyl groups is 1.